The molecule has 2 aliphatic rings. The van der Waals surface area contributed by atoms with Gasteiger partial charge >= 0.3 is 11.5 Å². The van der Waals surface area contributed by atoms with Crippen LogP contribution in [0.2, 0.25) is 0 Å². The highest BCUT2D eigenvalue weighted by molar-refractivity contribution is 8.00. The molecule has 36 heavy (non-hydrogen) atoms. The SMILES string of the molecule is CCN(C(=O)CCC(=O)O)C1c2cc(F)ccc2N(C(=O)c2ccc(SC(F)(F)F)cc2)[C@H]2CC[C@@H]12. The number of fused-ring (bicyclic) bond motifs is 2. The number of anilines is 1. The van der Waals surface area contributed by atoms with Crippen LogP contribution in [0.1, 0.15) is 54.6 Å². The van der Waals surface area contributed by atoms with Gasteiger partial charge in [0, 0.05) is 46.6 Å². The molecule has 3 atom stereocenters. The first-order valence-electron chi connectivity index (χ1n) is 11.5. The van der Waals surface area contributed by atoms with Crippen molar-refractivity contribution in [2.45, 2.75) is 55.1 Å². The molecule has 0 radical (unpaired) electrons. The van der Waals surface area contributed by atoms with E-state index in [1.807, 2.05) is 0 Å². The lowest BCUT2D eigenvalue weighted by Gasteiger charge is -2.55. The largest absolute Gasteiger partial charge is 0.481 e. The van der Waals surface area contributed by atoms with Crippen LogP contribution >= 0.6 is 11.8 Å². The molecular weight excluding hydrogens is 500 g/mol. The number of halogens is 4. The van der Waals surface area contributed by atoms with Crippen LogP contribution < -0.4 is 4.90 Å². The minimum Gasteiger partial charge on any atom is -0.481 e. The fraction of sp³-hybridized carbons (Fsp3) is 0.400. The van der Waals surface area contributed by atoms with Crippen LogP contribution in [0.4, 0.5) is 23.2 Å². The van der Waals surface area contributed by atoms with Crippen molar-refractivity contribution in [1.29, 1.82) is 0 Å². The molecule has 0 bridgehead atoms. The Labute approximate surface area is 209 Å². The van der Waals surface area contributed by atoms with Gasteiger partial charge in [0.2, 0.25) is 5.91 Å². The summed E-state index contributed by atoms with van der Waals surface area (Å²) in [5.41, 5.74) is -3.35. The van der Waals surface area contributed by atoms with E-state index in [1.165, 1.54) is 42.5 Å². The van der Waals surface area contributed by atoms with Crippen LogP contribution in [-0.4, -0.2) is 45.9 Å². The van der Waals surface area contributed by atoms with Crippen molar-refractivity contribution in [2.75, 3.05) is 11.4 Å². The molecule has 1 aliphatic carbocycles. The Hall–Kier alpha value is -3.08. The number of nitrogens with zero attached hydrogens (tertiary/aromatic N) is 2. The van der Waals surface area contributed by atoms with E-state index in [9.17, 15) is 31.9 Å². The number of alkyl halides is 3. The number of hydrogen-bond donors (Lipinski definition) is 1. The van der Waals surface area contributed by atoms with Crippen LogP contribution in [0.5, 0.6) is 0 Å². The Bertz CT molecular complexity index is 1170. The number of benzene rings is 2. The van der Waals surface area contributed by atoms with Crippen molar-refractivity contribution in [1.82, 2.24) is 4.90 Å². The van der Waals surface area contributed by atoms with Crippen LogP contribution in [0.25, 0.3) is 0 Å². The molecule has 0 saturated heterocycles. The van der Waals surface area contributed by atoms with Crippen LogP contribution in [0.15, 0.2) is 47.4 Å². The molecule has 2 amide bonds. The van der Waals surface area contributed by atoms with Crippen molar-refractivity contribution in [3.05, 3.63) is 59.4 Å². The summed E-state index contributed by atoms with van der Waals surface area (Å²) in [4.78, 5) is 40.5. The molecule has 6 nitrogen and oxygen atoms in total. The van der Waals surface area contributed by atoms with Crippen LogP contribution in [-0.2, 0) is 9.59 Å². The van der Waals surface area contributed by atoms with E-state index in [1.54, 1.807) is 16.7 Å². The van der Waals surface area contributed by atoms with Gasteiger partial charge in [-0.25, -0.2) is 4.39 Å². The zero-order valence-corrected chi connectivity index (χ0v) is 20.1. The lowest BCUT2D eigenvalue weighted by atomic mass is 9.67. The van der Waals surface area contributed by atoms with Gasteiger partial charge < -0.3 is 14.9 Å². The van der Waals surface area contributed by atoms with E-state index in [0.717, 1.165) is 0 Å². The second-order valence-electron chi connectivity index (χ2n) is 8.78. The summed E-state index contributed by atoms with van der Waals surface area (Å²) in [7, 11) is 0. The van der Waals surface area contributed by atoms with Gasteiger partial charge in [-0.05, 0) is 74.0 Å². The molecule has 0 spiro atoms. The minimum absolute atomic E-state index is 0.0415. The lowest BCUT2D eigenvalue weighted by Crippen LogP contribution is -2.58. The molecule has 192 valence electrons. The summed E-state index contributed by atoms with van der Waals surface area (Å²) in [6.45, 7) is 2.05. The molecule has 1 heterocycles. The van der Waals surface area contributed by atoms with Crippen LogP contribution in [0.3, 0.4) is 0 Å². The Morgan fingerprint density at radius 1 is 1.08 bits per heavy atom. The lowest BCUT2D eigenvalue weighted by molar-refractivity contribution is -0.142. The molecule has 1 fully saturated rings. The van der Waals surface area contributed by atoms with Crippen LogP contribution in [0, 0.1) is 11.7 Å². The summed E-state index contributed by atoms with van der Waals surface area (Å²) in [6, 6.07) is 8.35. The molecule has 0 aromatic heterocycles. The van der Waals surface area contributed by atoms with E-state index in [0.29, 0.717) is 24.1 Å². The number of carboxylic acids is 1. The summed E-state index contributed by atoms with van der Waals surface area (Å²) in [5.74, 6) is -2.58. The smallest absolute Gasteiger partial charge is 0.446 e. The maximum absolute atomic E-state index is 14.4. The third kappa shape index (κ3) is 5.21. The van der Waals surface area contributed by atoms with Crippen molar-refractivity contribution >= 4 is 35.2 Å². The van der Waals surface area contributed by atoms with Gasteiger partial charge in [0.15, 0.2) is 0 Å². The van der Waals surface area contributed by atoms with Gasteiger partial charge in [-0.1, -0.05) is 0 Å². The third-order valence-electron chi connectivity index (χ3n) is 6.70. The zero-order chi connectivity index (χ0) is 26.2. The van der Waals surface area contributed by atoms with E-state index < -0.39 is 29.2 Å². The quantitative estimate of drug-likeness (QED) is 0.375. The predicted molar refractivity (Wildman–Crippen MR) is 125 cm³/mol. The molecule has 2 aromatic carbocycles. The number of amides is 2. The number of carbonyl (C=O) groups is 3. The standard InChI is InChI=1S/C25H24F4N2O4S/c1-2-30(21(32)11-12-22(33)34)23-17-8-10-19(17)31(20-9-5-15(26)13-18(20)23)24(35)14-3-6-16(7-4-14)36-25(27,28)29/h3-7,9,13,17,19,23H,2,8,10-12H2,1H3,(H,33,34)/t17-,19+,23?/m1/s1. The second-order valence-corrected chi connectivity index (χ2v) is 9.92. The third-order valence-corrected chi connectivity index (χ3v) is 7.44. The van der Waals surface area contributed by atoms with Crippen molar-refractivity contribution in [3.63, 3.8) is 0 Å². The number of carboxylic acid groups (broad SMARTS) is 1. The molecule has 1 N–H and O–H groups in total. The number of thioether (sulfide) groups is 1. The van der Waals surface area contributed by atoms with E-state index in [2.05, 4.69) is 0 Å². The summed E-state index contributed by atoms with van der Waals surface area (Å²) < 4.78 is 52.4. The average molecular weight is 525 g/mol. The fourth-order valence-electron chi connectivity index (χ4n) is 5.07. The topological polar surface area (TPSA) is 77.9 Å². The van der Waals surface area contributed by atoms with Crippen molar-refractivity contribution in [3.8, 4) is 0 Å². The van der Waals surface area contributed by atoms with E-state index >= 15 is 0 Å². The molecule has 1 aliphatic heterocycles. The van der Waals surface area contributed by atoms with Gasteiger partial charge in [-0.2, -0.15) is 13.2 Å². The molecule has 11 heteroatoms. The summed E-state index contributed by atoms with van der Waals surface area (Å²) >= 11 is -0.267. The average Bonchev–Trinajstić information content (AvgIpc) is 2.78. The highest BCUT2D eigenvalue weighted by atomic mass is 32.2. The monoisotopic (exact) mass is 524 g/mol. The Morgan fingerprint density at radius 3 is 2.33 bits per heavy atom. The number of rotatable bonds is 7. The maximum atomic E-state index is 14.4. The number of carbonyl (C=O) groups excluding carboxylic acids is 2. The Morgan fingerprint density at radius 2 is 1.78 bits per heavy atom. The Kier molecular flexibility index (Phi) is 7.31. The van der Waals surface area contributed by atoms with Gasteiger partial charge in [0.1, 0.15) is 5.82 Å². The summed E-state index contributed by atoms with van der Waals surface area (Å²) in [6.07, 6.45) is 0.817. The van der Waals surface area contributed by atoms with Crippen molar-refractivity contribution < 1.29 is 37.1 Å². The maximum Gasteiger partial charge on any atom is 0.446 e. The predicted octanol–water partition coefficient (Wildman–Crippen LogP) is 5.63. The summed E-state index contributed by atoms with van der Waals surface area (Å²) in [5, 5.41) is 8.98. The first-order chi connectivity index (χ1) is 17.0. The highest BCUT2D eigenvalue weighted by Crippen LogP contribution is 2.52. The molecule has 4 rings (SSSR count). The first kappa shape index (κ1) is 26.0. The molecule has 1 saturated carbocycles. The Balaban J connectivity index is 1.68. The molecule has 2 aromatic rings. The first-order valence-corrected chi connectivity index (χ1v) is 12.3. The zero-order valence-electron chi connectivity index (χ0n) is 19.3. The van der Waals surface area contributed by atoms with Gasteiger partial charge in [-0.3, -0.25) is 14.4 Å². The minimum atomic E-state index is -4.44. The highest BCUT2D eigenvalue weighted by Gasteiger charge is 2.51. The van der Waals surface area contributed by atoms with Gasteiger partial charge in [0.25, 0.3) is 5.91 Å². The van der Waals surface area contributed by atoms with Gasteiger partial charge in [0.05, 0.1) is 12.5 Å². The van der Waals surface area contributed by atoms with E-state index in [4.69, 9.17) is 5.11 Å². The number of aliphatic carboxylic acids is 1. The normalized spacial score (nSPS) is 20.7. The second kappa shape index (κ2) is 10.1. The molecule has 1 unspecified atom stereocenters. The van der Waals surface area contributed by atoms with Crippen molar-refractivity contribution in [2.24, 2.45) is 5.92 Å². The fourth-order valence-corrected chi connectivity index (χ4v) is 5.61. The van der Waals surface area contributed by atoms with Gasteiger partial charge in [-0.15, -0.1) is 0 Å². The molecular formula is C25H24F4N2O4S. The number of hydrogen-bond acceptors (Lipinski definition) is 4. The van der Waals surface area contributed by atoms with E-state index in [-0.39, 0.29) is 59.5 Å².